The second kappa shape index (κ2) is 6.98. The van der Waals surface area contributed by atoms with Crippen LogP contribution in [0.3, 0.4) is 0 Å². The topological polar surface area (TPSA) is 21.3 Å². The number of rotatable bonds is 5. The van der Waals surface area contributed by atoms with Crippen molar-refractivity contribution >= 4 is 23.2 Å². The van der Waals surface area contributed by atoms with Gasteiger partial charge in [-0.25, -0.2) is 0 Å². The number of nitrogens with one attached hydrogen (secondary N) is 1. The first kappa shape index (κ1) is 15.2. The lowest BCUT2D eigenvalue weighted by Gasteiger charge is -2.21. The molecular formula is C16H17Cl2NO. The van der Waals surface area contributed by atoms with E-state index in [1.165, 1.54) is 0 Å². The molecule has 0 saturated carbocycles. The van der Waals surface area contributed by atoms with Crippen molar-refractivity contribution in [2.45, 2.75) is 13.0 Å². The summed E-state index contributed by atoms with van der Waals surface area (Å²) >= 11 is 12.3. The van der Waals surface area contributed by atoms with Gasteiger partial charge in [-0.1, -0.05) is 48.3 Å². The minimum absolute atomic E-state index is 0.0138. The molecule has 2 nitrogen and oxygen atoms in total. The molecule has 0 fully saturated rings. The molecule has 1 unspecified atom stereocenters. The van der Waals surface area contributed by atoms with Gasteiger partial charge in [0.25, 0.3) is 0 Å². The maximum atomic E-state index is 6.33. The third kappa shape index (κ3) is 3.45. The Kier molecular flexibility index (Phi) is 5.30. The summed E-state index contributed by atoms with van der Waals surface area (Å²) in [7, 11) is 1.66. The van der Waals surface area contributed by atoms with Crippen LogP contribution in [0, 0.1) is 0 Å². The van der Waals surface area contributed by atoms with Crippen LogP contribution in [0.15, 0.2) is 42.5 Å². The van der Waals surface area contributed by atoms with Gasteiger partial charge in [-0.05, 0) is 41.9 Å². The molecule has 2 aromatic carbocycles. The molecule has 0 aliphatic rings. The Morgan fingerprint density at radius 3 is 2.60 bits per heavy atom. The lowest BCUT2D eigenvalue weighted by molar-refractivity contribution is 0.413. The summed E-state index contributed by atoms with van der Waals surface area (Å²) in [6.45, 7) is 2.90. The van der Waals surface area contributed by atoms with E-state index in [1.807, 2.05) is 30.3 Å². The molecular weight excluding hydrogens is 293 g/mol. The van der Waals surface area contributed by atoms with Gasteiger partial charge in [-0.2, -0.15) is 0 Å². The molecule has 106 valence electrons. The molecule has 20 heavy (non-hydrogen) atoms. The lowest BCUT2D eigenvalue weighted by atomic mass is 9.98. The van der Waals surface area contributed by atoms with E-state index < -0.39 is 0 Å². The number of methoxy groups -OCH3 is 1. The first-order chi connectivity index (χ1) is 9.65. The smallest absolute Gasteiger partial charge is 0.119 e. The Hall–Kier alpha value is -1.22. The number of hydrogen-bond acceptors (Lipinski definition) is 2. The second-order valence-corrected chi connectivity index (χ2v) is 5.28. The molecule has 1 atom stereocenters. The van der Waals surface area contributed by atoms with E-state index in [4.69, 9.17) is 27.9 Å². The molecule has 2 aromatic rings. The highest BCUT2D eigenvalue weighted by Gasteiger charge is 2.16. The molecule has 4 heteroatoms. The first-order valence-electron chi connectivity index (χ1n) is 6.48. The number of benzene rings is 2. The van der Waals surface area contributed by atoms with E-state index in [-0.39, 0.29) is 6.04 Å². The molecule has 0 spiro atoms. The van der Waals surface area contributed by atoms with Crippen molar-refractivity contribution in [1.82, 2.24) is 5.32 Å². The van der Waals surface area contributed by atoms with Crippen molar-refractivity contribution in [3.8, 4) is 5.75 Å². The molecule has 2 rings (SSSR count). The van der Waals surface area contributed by atoms with E-state index in [0.29, 0.717) is 10.0 Å². The normalized spacial score (nSPS) is 12.2. The first-order valence-corrected chi connectivity index (χ1v) is 7.23. The fraction of sp³-hybridized carbons (Fsp3) is 0.250. The molecule has 0 saturated heterocycles. The lowest BCUT2D eigenvalue weighted by Crippen LogP contribution is -2.22. The highest BCUT2D eigenvalue weighted by molar-refractivity contribution is 6.35. The molecule has 0 amide bonds. The van der Waals surface area contributed by atoms with Gasteiger partial charge < -0.3 is 10.1 Å². The summed E-state index contributed by atoms with van der Waals surface area (Å²) in [5.74, 6) is 0.829. The van der Waals surface area contributed by atoms with Gasteiger partial charge in [-0.15, -0.1) is 0 Å². The van der Waals surface area contributed by atoms with E-state index in [9.17, 15) is 0 Å². The van der Waals surface area contributed by atoms with Crippen LogP contribution in [-0.4, -0.2) is 13.7 Å². The summed E-state index contributed by atoms with van der Waals surface area (Å²) in [6, 6.07) is 13.6. The summed E-state index contributed by atoms with van der Waals surface area (Å²) in [5, 5.41) is 4.74. The van der Waals surface area contributed by atoms with Crippen LogP contribution in [0.5, 0.6) is 5.75 Å². The maximum absolute atomic E-state index is 6.33. The fourth-order valence-electron chi connectivity index (χ4n) is 2.17. The monoisotopic (exact) mass is 309 g/mol. The predicted octanol–water partition coefficient (Wildman–Crippen LogP) is 4.70. The van der Waals surface area contributed by atoms with Crippen LogP contribution in [0.4, 0.5) is 0 Å². The van der Waals surface area contributed by atoms with Gasteiger partial charge in [0.2, 0.25) is 0 Å². The molecule has 0 aliphatic carbocycles. The molecule has 0 heterocycles. The SMILES string of the molecule is CCNC(c1cccc(OC)c1)c1ccc(Cl)cc1Cl. The van der Waals surface area contributed by atoms with E-state index in [0.717, 1.165) is 23.4 Å². The van der Waals surface area contributed by atoms with E-state index in [1.54, 1.807) is 13.2 Å². The van der Waals surface area contributed by atoms with E-state index >= 15 is 0 Å². The summed E-state index contributed by atoms with van der Waals surface area (Å²) in [6.07, 6.45) is 0. The van der Waals surface area contributed by atoms with Crippen LogP contribution < -0.4 is 10.1 Å². The molecule has 0 aromatic heterocycles. The van der Waals surface area contributed by atoms with Gasteiger partial charge in [-0.3, -0.25) is 0 Å². The van der Waals surface area contributed by atoms with Crippen molar-refractivity contribution < 1.29 is 4.74 Å². The molecule has 0 aliphatic heterocycles. The minimum atomic E-state index is 0.0138. The summed E-state index contributed by atoms with van der Waals surface area (Å²) < 4.78 is 5.29. The van der Waals surface area contributed by atoms with Gasteiger partial charge in [0.1, 0.15) is 5.75 Å². The Morgan fingerprint density at radius 2 is 1.95 bits per heavy atom. The zero-order valence-corrected chi connectivity index (χ0v) is 13.0. The van der Waals surface area contributed by atoms with Crippen molar-refractivity contribution in [3.63, 3.8) is 0 Å². The predicted molar refractivity (Wildman–Crippen MR) is 85.0 cm³/mol. The van der Waals surface area contributed by atoms with Crippen molar-refractivity contribution in [2.75, 3.05) is 13.7 Å². The fourth-order valence-corrected chi connectivity index (χ4v) is 2.69. The van der Waals surface area contributed by atoms with Crippen molar-refractivity contribution in [1.29, 1.82) is 0 Å². The van der Waals surface area contributed by atoms with Crippen molar-refractivity contribution in [2.24, 2.45) is 0 Å². The largest absolute Gasteiger partial charge is 0.497 e. The zero-order valence-electron chi connectivity index (χ0n) is 11.5. The van der Waals surface area contributed by atoms with Crippen LogP contribution in [0.2, 0.25) is 10.0 Å². The highest BCUT2D eigenvalue weighted by Crippen LogP contribution is 2.31. The minimum Gasteiger partial charge on any atom is -0.497 e. The number of hydrogen-bond donors (Lipinski definition) is 1. The van der Waals surface area contributed by atoms with Gasteiger partial charge in [0.15, 0.2) is 0 Å². The maximum Gasteiger partial charge on any atom is 0.119 e. The van der Waals surface area contributed by atoms with Gasteiger partial charge in [0.05, 0.1) is 13.2 Å². The standard InChI is InChI=1S/C16H17Cl2NO/c1-3-19-16(11-5-4-6-13(9-11)20-2)14-8-7-12(17)10-15(14)18/h4-10,16,19H,3H2,1-2H3. The molecule has 0 bridgehead atoms. The molecule has 1 N–H and O–H groups in total. The number of ether oxygens (including phenoxy) is 1. The third-order valence-electron chi connectivity index (χ3n) is 3.11. The van der Waals surface area contributed by atoms with Crippen LogP contribution in [0.1, 0.15) is 24.1 Å². The Morgan fingerprint density at radius 1 is 1.15 bits per heavy atom. The Balaban J connectivity index is 2.44. The van der Waals surface area contributed by atoms with Crippen LogP contribution in [-0.2, 0) is 0 Å². The van der Waals surface area contributed by atoms with Gasteiger partial charge in [0, 0.05) is 10.0 Å². The van der Waals surface area contributed by atoms with Crippen LogP contribution >= 0.6 is 23.2 Å². The second-order valence-electron chi connectivity index (χ2n) is 4.43. The summed E-state index contributed by atoms with van der Waals surface area (Å²) in [5.41, 5.74) is 2.11. The van der Waals surface area contributed by atoms with Crippen molar-refractivity contribution in [3.05, 3.63) is 63.6 Å². The number of halogens is 2. The quantitative estimate of drug-likeness (QED) is 0.864. The Labute approximate surface area is 129 Å². The third-order valence-corrected chi connectivity index (χ3v) is 3.67. The average molecular weight is 310 g/mol. The van der Waals surface area contributed by atoms with E-state index in [2.05, 4.69) is 18.3 Å². The average Bonchev–Trinajstić information content (AvgIpc) is 2.45. The Bertz CT molecular complexity index is 586. The van der Waals surface area contributed by atoms with Crippen LogP contribution in [0.25, 0.3) is 0 Å². The summed E-state index contributed by atoms with van der Waals surface area (Å²) in [4.78, 5) is 0. The van der Waals surface area contributed by atoms with Gasteiger partial charge >= 0.3 is 0 Å². The molecule has 0 radical (unpaired) electrons. The highest BCUT2D eigenvalue weighted by atomic mass is 35.5. The zero-order chi connectivity index (χ0) is 14.5.